The zero-order valence-corrected chi connectivity index (χ0v) is 20.4. The van der Waals surface area contributed by atoms with Gasteiger partial charge in [-0.25, -0.2) is 14.4 Å². The summed E-state index contributed by atoms with van der Waals surface area (Å²) in [7, 11) is 3.93. The van der Waals surface area contributed by atoms with Crippen molar-refractivity contribution in [2.45, 2.75) is 19.3 Å². The molecule has 0 saturated heterocycles. The van der Waals surface area contributed by atoms with E-state index in [0.717, 1.165) is 6.54 Å². The van der Waals surface area contributed by atoms with Gasteiger partial charge in [-0.15, -0.1) is 10.2 Å². The number of nitrogens with one attached hydrogen (secondary N) is 1. The highest BCUT2D eigenvalue weighted by Crippen LogP contribution is 2.30. The van der Waals surface area contributed by atoms with E-state index in [1.165, 1.54) is 12.3 Å². The summed E-state index contributed by atoms with van der Waals surface area (Å²) in [6, 6.07) is 10.5. The highest BCUT2D eigenvalue weighted by molar-refractivity contribution is 5.69. The number of pyridine rings is 1. The van der Waals surface area contributed by atoms with Gasteiger partial charge in [0.15, 0.2) is 11.5 Å². The van der Waals surface area contributed by atoms with Crippen molar-refractivity contribution in [3.8, 4) is 40.4 Å². The summed E-state index contributed by atoms with van der Waals surface area (Å²) >= 11 is 0. The van der Waals surface area contributed by atoms with Gasteiger partial charge in [-0.05, 0) is 58.3 Å². The Hall–Kier alpha value is -4.43. The van der Waals surface area contributed by atoms with Gasteiger partial charge in [0.1, 0.15) is 5.82 Å². The number of aromatic nitrogens is 5. The van der Waals surface area contributed by atoms with Crippen LogP contribution in [0.25, 0.3) is 34.3 Å². The number of nitrogen functional groups attached to an aromatic ring is 1. The van der Waals surface area contributed by atoms with Crippen molar-refractivity contribution in [1.82, 2.24) is 30.0 Å². The minimum atomic E-state index is -0.775. The quantitative estimate of drug-likeness (QED) is 0.377. The van der Waals surface area contributed by atoms with Gasteiger partial charge >= 0.3 is 0 Å². The van der Waals surface area contributed by atoms with Crippen LogP contribution in [0.15, 0.2) is 47.1 Å². The summed E-state index contributed by atoms with van der Waals surface area (Å²) in [4.78, 5) is 15.1. The summed E-state index contributed by atoms with van der Waals surface area (Å²) in [5.41, 5.74) is 8.02. The minimum absolute atomic E-state index is 0.00379. The first-order valence-corrected chi connectivity index (χ1v) is 11.2. The Morgan fingerprint density at radius 3 is 2.64 bits per heavy atom. The van der Waals surface area contributed by atoms with Gasteiger partial charge in [-0.1, -0.05) is 0 Å². The maximum Gasteiger partial charge on any atom is 0.270 e. The molecular formula is C25H26FN9O. The van der Waals surface area contributed by atoms with Crippen LogP contribution in [0.3, 0.4) is 0 Å². The summed E-state index contributed by atoms with van der Waals surface area (Å²) < 4.78 is 20.5. The number of nitriles is 1. The smallest absolute Gasteiger partial charge is 0.270 e. The van der Waals surface area contributed by atoms with Gasteiger partial charge < -0.3 is 20.4 Å². The first-order chi connectivity index (χ1) is 17.2. The Morgan fingerprint density at radius 1 is 1.14 bits per heavy atom. The molecule has 0 amide bonds. The van der Waals surface area contributed by atoms with Crippen LogP contribution in [0.1, 0.15) is 19.5 Å². The normalized spacial score (nSPS) is 11.5. The fourth-order valence-corrected chi connectivity index (χ4v) is 3.33. The largest absolute Gasteiger partial charge is 0.414 e. The summed E-state index contributed by atoms with van der Waals surface area (Å²) in [5.74, 6) is -0.411. The van der Waals surface area contributed by atoms with Gasteiger partial charge in [0.05, 0.1) is 34.6 Å². The molecule has 0 aliphatic heterocycles. The molecule has 36 heavy (non-hydrogen) atoms. The molecule has 1 aromatic carbocycles. The van der Waals surface area contributed by atoms with Gasteiger partial charge in [-0.2, -0.15) is 5.26 Å². The maximum absolute atomic E-state index is 14.8. The third kappa shape index (κ3) is 5.29. The number of benzene rings is 1. The number of nitrogens with two attached hydrogens (primary N) is 1. The van der Waals surface area contributed by atoms with E-state index in [0.29, 0.717) is 29.2 Å². The van der Waals surface area contributed by atoms with E-state index in [-0.39, 0.29) is 28.9 Å². The van der Waals surface area contributed by atoms with E-state index in [2.05, 4.69) is 36.5 Å². The Kier molecular flexibility index (Phi) is 6.89. The van der Waals surface area contributed by atoms with E-state index < -0.39 is 11.2 Å². The number of hydrogen-bond donors (Lipinski definition) is 2. The molecule has 4 rings (SSSR count). The first-order valence-electron chi connectivity index (χ1n) is 11.2. The molecule has 0 atom stereocenters. The molecule has 11 heteroatoms. The van der Waals surface area contributed by atoms with Gasteiger partial charge in [-0.3, -0.25) is 4.98 Å². The molecule has 184 valence electrons. The molecule has 3 N–H and O–H groups in total. The Labute approximate surface area is 208 Å². The molecule has 0 aliphatic rings. The Morgan fingerprint density at radius 2 is 1.92 bits per heavy atom. The average Bonchev–Trinajstić information content (AvgIpc) is 3.34. The van der Waals surface area contributed by atoms with Crippen LogP contribution in [0.2, 0.25) is 0 Å². The van der Waals surface area contributed by atoms with E-state index in [1.54, 1.807) is 44.3 Å². The van der Waals surface area contributed by atoms with Gasteiger partial charge in [0, 0.05) is 30.5 Å². The fourth-order valence-electron chi connectivity index (χ4n) is 3.33. The predicted molar refractivity (Wildman–Crippen MR) is 134 cm³/mol. The minimum Gasteiger partial charge on any atom is -0.414 e. The third-order valence-electron chi connectivity index (χ3n) is 5.49. The van der Waals surface area contributed by atoms with Crippen LogP contribution in [-0.4, -0.2) is 57.2 Å². The Balaban J connectivity index is 1.61. The second-order valence-electron chi connectivity index (χ2n) is 8.99. The van der Waals surface area contributed by atoms with E-state index in [4.69, 9.17) is 10.2 Å². The van der Waals surface area contributed by atoms with Crippen molar-refractivity contribution in [3.63, 3.8) is 0 Å². The summed E-state index contributed by atoms with van der Waals surface area (Å²) in [5, 5.41) is 20.6. The molecule has 3 aromatic heterocycles. The molecule has 3 heterocycles. The number of hydrogen-bond acceptors (Lipinski definition) is 10. The van der Waals surface area contributed by atoms with Crippen molar-refractivity contribution in [2.75, 3.05) is 38.2 Å². The lowest BCUT2D eigenvalue weighted by atomic mass is 9.90. The second kappa shape index (κ2) is 10.1. The molecule has 0 spiro atoms. The third-order valence-corrected chi connectivity index (χ3v) is 5.49. The number of nitrogens with zero attached hydrogens (tertiary/aromatic N) is 7. The molecular weight excluding hydrogens is 461 g/mol. The molecule has 0 unspecified atom stereocenters. The van der Waals surface area contributed by atoms with Crippen LogP contribution in [0, 0.1) is 17.1 Å². The molecule has 0 radical (unpaired) electrons. The van der Waals surface area contributed by atoms with Crippen molar-refractivity contribution in [1.29, 1.82) is 5.26 Å². The van der Waals surface area contributed by atoms with Crippen LogP contribution in [0.5, 0.6) is 0 Å². The SMILES string of the molecule is CN(C)CCNc1ccc(-c2nnc(-c3nc(-c4ccnc(C(C)(C)C#N)c4)cnc3N)o2)c(F)c1. The lowest BCUT2D eigenvalue weighted by Gasteiger charge is -2.15. The van der Waals surface area contributed by atoms with Crippen molar-refractivity contribution >= 4 is 11.5 Å². The van der Waals surface area contributed by atoms with E-state index in [9.17, 15) is 9.65 Å². The van der Waals surface area contributed by atoms with Crippen LogP contribution < -0.4 is 11.1 Å². The zero-order chi connectivity index (χ0) is 25.9. The number of anilines is 2. The predicted octanol–water partition coefficient (Wildman–Crippen LogP) is 3.75. The lowest BCUT2D eigenvalue weighted by molar-refractivity contribution is 0.425. The van der Waals surface area contributed by atoms with Crippen molar-refractivity contribution in [3.05, 3.63) is 54.2 Å². The Bertz CT molecular complexity index is 1430. The summed E-state index contributed by atoms with van der Waals surface area (Å²) in [6.45, 7) is 5.06. The molecule has 10 nitrogen and oxygen atoms in total. The van der Waals surface area contributed by atoms with Crippen LogP contribution >= 0.6 is 0 Å². The summed E-state index contributed by atoms with van der Waals surface area (Å²) in [6.07, 6.45) is 3.12. The van der Waals surface area contributed by atoms with Gasteiger partial charge in [0.25, 0.3) is 11.8 Å². The highest BCUT2D eigenvalue weighted by Gasteiger charge is 2.23. The first kappa shape index (κ1) is 24.7. The van der Waals surface area contributed by atoms with Gasteiger partial charge in [0.2, 0.25) is 0 Å². The van der Waals surface area contributed by atoms with Crippen molar-refractivity contribution in [2.24, 2.45) is 0 Å². The highest BCUT2D eigenvalue weighted by atomic mass is 19.1. The molecule has 0 aliphatic carbocycles. The second-order valence-corrected chi connectivity index (χ2v) is 8.99. The van der Waals surface area contributed by atoms with Crippen molar-refractivity contribution < 1.29 is 8.81 Å². The molecule has 0 bridgehead atoms. The molecule has 0 fully saturated rings. The maximum atomic E-state index is 14.8. The molecule has 0 saturated carbocycles. The van der Waals surface area contributed by atoms with E-state index in [1.807, 2.05) is 19.0 Å². The van der Waals surface area contributed by atoms with Crippen LogP contribution in [-0.2, 0) is 5.41 Å². The topological polar surface area (TPSA) is 143 Å². The zero-order valence-electron chi connectivity index (χ0n) is 20.4. The fraction of sp³-hybridized carbons (Fsp3) is 0.280. The lowest BCUT2D eigenvalue weighted by Crippen LogP contribution is -2.20. The van der Waals surface area contributed by atoms with E-state index >= 15 is 0 Å². The standard InChI is InChI=1S/C25H26FN9O/c1-25(2,14-27)20-11-15(7-8-30-20)19-13-31-22(28)21(32-19)24-34-33-23(36-24)17-6-5-16(12-18(17)26)29-9-10-35(3)4/h5-8,11-13,29H,9-10H2,1-4H3,(H2,28,31). The number of likely N-dealkylation sites (N-methyl/N-ethyl adjacent to an activating group) is 1. The average molecular weight is 488 g/mol. The molecule has 4 aromatic rings. The number of halogens is 1. The monoisotopic (exact) mass is 487 g/mol. The number of rotatable bonds is 8. The van der Waals surface area contributed by atoms with Crippen LogP contribution in [0.4, 0.5) is 15.9 Å².